The lowest BCUT2D eigenvalue weighted by Crippen LogP contribution is -2.09. The largest absolute Gasteiger partial charge is 0.173 e. The van der Waals surface area contributed by atoms with E-state index in [0.29, 0.717) is 0 Å². The second kappa shape index (κ2) is 6.15. The highest BCUT2D eigenvalue weighted by molar-refractivity contribution is 9.10. The highest BCUT2D eigenvalue weighted by Crippen LogP contribution is 2.31. The normalized spacial score (nSPS) is 12.5. The van der Waals surface area contributed by atoms with Crippen molar-refractivity contribution in [2.45, 2.75) is 37.5 Å². The van der Waals surface area contributed by atoms with Crippen LogP contribution < -0.4 is 0 Å². The lowest BCUT2D eigenvalue weighted by molar-refractivity contribution is 1.14. The van der Waals surface area contributed by atoms with Crippen molar-refractivity contribution in [3.05, 3.63) is 58.7 Å². The summed E-state index contributed by atoms with van der Waals surface area (Å²) in [7, 11) is 0.118. The van der Waals surface area contributed by atoms with Gasteiger partial charge in [-0.2, -0.15) is 0 Å². The topological polar surface area (TPSA) is 0 Å². The first-order valence-electron chi connectivity index (χ1n) is 6.45. The molecular weight excluding hydrogens is 316 g/mol. The lowest BCUT2D eigenvalue weighted by Gasteiger charge is -2.14. The average molecular weight is 336 g/mol. The van der Waals surface area contributed by atoms with E-state index < -0.39 is 0 Å². The average Bonchev–Trinajstić information content (AvgIpc) is 2.44. The molecule has 2 rings (SSSR count). The van der Waals surface area contributed by atoms with Gasteiger partial charge in [-0.3, -0.25) is 0 Å². The molecule has 0 aliphatic heterocycles. The molecule has 0 aromatic heterocycles. The molecule has 0 amide bonds. The van der Waals surface area contributed by atoms with Crippen LogP contribution in [0.4, 0.5) is 0 Å². The third-order valence-corrected chi connectivity index (χ3v) is 7.22. The summed E-state index contributed by atoms with van der Waals surface area (Å²) in [6.45, 7) is 8.92. The molecule has 2 aromatic carbocycles. The fourth-order valence-corrected chi connectivity index (χ4v) is 5.62. The number of benzene rings is 2. The Morgan fingerprint density at radius 2 is 1.53 bits per heavy atom. The predicted octanol–water partition coefficient (Wildman–Crippen LogP) is 5.31. The number of alkyl halides is 1. The quantitative estimate of drug-likeness (QED) is 0.526. The molecule has 0 fully saturated rings. The van der Waals surface area contributed by atoms with Crippen LogP contribution in [-0.2, 0) is 10.9 Å². The van der Waals surface area contributed by atoms with Crippen LogP contribution in [0.1, 0.15) is 22.3 Å². The van der Waals surface area contributed by atoms with Gasteiger partial charge in [-0.25, -0.2) is 0 Å². The van der Waals surface area contributed by atoms with E-state index >= 15 is 0 Å². The van der Waals surface area contributed by atoms with Crippen molar-refractivity contribution in [3.8, 4) is 0 Å². The Morgan fingerprint density at radius 1 is 0.895 bits per heavy atom. The third kappa shape index (κ3) is 2.90. The van der Waals surface area contributed by atoms with Gasteiger partial charge in [-0.15, -0.1) is 0 Å². The van der Waals surface area contributed by atoms with Gasteiger partial charge in [0.15, 0.2) is 14.5 Å². The fourth-order valence-electron chi connectivity index (χ4n) is 2.26. The number of hydrogen-bond donors (Lipinski definition) is 0. The Kier molecular flexibility index (Phi) is 4.75. The number of rotatable bonds is 3. The minimum atomic E-state index is 0.118. The molecule has 2 heteroatoms. The summed E-state index contributed by atoms with van der Waals surface area (Å²) in [5.74, 6) is 0. The Labute approximate surface area is 127 Å². The van der Waals surface area contributed by atoms with Crippen LogP contribution >= 0.6 is 15.9 Å². The van der Waals surface area contributed by atoms with Crippen LogP contribution in [0, 0.1) is 27.7 Å². The van der Waals surface area contributed by atoms with Gasteiger partial charge in [0.05, 0.1) is 10.9 Å². The van der Waals surface area contributed by atoms with Crippen molar-refractivity contribution in [2.24, 2.45) is 0 Å². The molecule has 0 spiro atoms. The molecule has 0 saturated carbocycles. The van der Waals surface area contributed by atoms with E-state index in [0.717, 1.165) is 4.66 Å². The zero-order valence-electron chi connectivity index (χ0n) is 12.0. The molecule has 2 aromatic rings. The summed E-state index contributed by atoms with van der Waals surface area (Å²) in [6, 6.07) is 13.2. The number of hydrogen-bond acceptors (Lipinski definition) is 0. The summed E-state index contributed by atoms with van der Waals surface area (Å²) in [5.41, 5.74) is 5.69. The molecule has 0 bridgehead atoms. The first kappa shape index (κ1) is 14.7. The smallest absolute Gasteiger partial charge is 0.0619 e. The van der Waals surface area contributed by atoms with E-state index in [-0.39, 0.29) is 10.9 Å². The molecular formula is C17H20BrS+. The Balaban J connectivity index is 2.57. The maximum absolute atomic E-state index is 3.70. The van der Waals surface area contributed by atoms with Crippen molar-refractivity contribution < 1.29 is 0 Å². The molecule has 0 heterocycles. The minimum absolute atomic E-state index is 0.118. The highest BCUT2D eigenvalue weighted by atomic mass is 79.9. The Morgan fingerprint density at radius 3 is 2.11 bits per heavy atom. The first-order valence-corrected chi connectivity index (χ1v) is 8.97. The fraction of sp³-hybridized carbons (Fsp3) is 0.294. The van der Waals surface area contributed by atoms with Gasteiger partial charge in [0, 0.05) is 5.56 Å². The van der Waals surface area contributed by atoms with E-state index in [2.05, 4.69) is 80.0 Å². The zero-order valence-corrected chi connectivity index (χ0v) is 14.4. The van der Waals surface area contributed by atoms with E-state index in [1.165, 1.54) is 32.0 Å². The van der Waals surface area contributed by atoms with E-state index in [4.69, 9.17) is 0 Å². The zero-order chi connectivity index (χ0) is 14.0. The summed E-state index contributed by atoms with van der Waals surface area (Å²) in [6.07, 6.45) is 0. The molecule has 0 nitrogen and oxygen atoms in total. The van der Waals surface area contributed by atoms with Gasteiger partial charge in [-0.05, 0) is 78.5 Å². The van der Waals surface area contributed by atoms with Crippen molar-refractivity contribution in [1.29, 1.82) is 0 Å². The van der Waals surface area contributed by atoms with E-state index in [1.54, 1.807) is 0 Å². The maximum atomic E-state index is 3.70. The molecule has 0 saturated heterocycles. The summed E-state index contributed by atoms with van der Waals surface area (Å²) >= 11 is 3.70. The predicted molar refractivity (Wildman–Crippen MR) is 89.5 cm³/mol. The Hall–Kier alpha value is -0.730. The summed E-state index contributed by atoms with van der Waals surface area (Å²) in [5, 5.41) is 0. The van der Waals surface area contributed by atoms with Gasteiger partial charge >= 0.3 is 0 Å². The molecule has 0 aliphatic rings. The highest BCUT2D eigenvalue weighted by Gasteiger charge is 2.27. The van der Waals surface area contributed by atoms with E-state index in [1.807, 2.05) is 0 Å². The second-order valence-electron chi connectivity index (χ2n) is 4.88. The van der Waals surface area contributed by atoms with Gasteiger partial charge in [0.25, 0.3) is 0 Å². The van der Waals surface area contributed by atoms with Gasteiger partial charge in [0.2, 0.25) is 0 Å². The van der Waals surface area contributed by atoms with Crippen LogP contribution in [0.25, 0.3) is 0 Å². The van der Waals surface area contributed by atoms with Crippen LogP contribution in [0.15, 0.2) is 46.2 Å². The monoisotopic (exact) mass is 335 g/mol. The Bertz CT molecular complexity index is 576. The second-order valence-corrected chi connectivity index (χ2v) is 8.16. The molecule has 0 N–H and O–H groups in total. The maximum Gasteiger partial charge on any atom is 0.173 e. The summed E-state index contributed by atoms with van der Waals surface area (Å²) in [4.78, 5) is 2.88. The van der Waals surface area contributed by atoms with Gasteiger partial charge < -0.3 is 0 Å². The van der Waals surface area contributed by atoms with Crippen LogP contribution in [0.2, 0.25) is 0 Å². The molecule has 0 aliphatic carbocycles. The van der Waals surface area contributed by atoms with Crippen LogP contribution in [0.3, 0.4) is 0 Å². The number of halogens is 1. The van der Waals surface area contributed by atoms with Crippen LogP contribution in [-0.4, -0.2) is 4.66 Å². The molecule has 0 radical (unpaired) electrons. The van der Waals surface area contributed by atoms with Crippen molar-refractivity contribution >= 4 is 26.8 Å². The standard InChI is InChI=1S/C17H20BrS/c1-12-10-17(15(4)14(3)13(12)2)19(11-18)16-8-6-5-7-9-16/h5-10H,11H2,1-4H3/q+1. The van der Waals surface area contributed by atoms with Crippen LogP contribution in [0.5, 0.6) is 0 Å². The molecule has 100 valence electrons. The molecule has 1 atom stereocenters. The third-order valence-electron chi connectivity index (χ3n) is 3.84. The number of aryl methyl sites for hydroxylation is 1. The molecule has 1 unspecified atom stereocenters. The van der Waals surface area contributed by atoms with E-state index in [9.17, 15) is 0 Å². The van der Waals surface area contributed by atoms with Crippen molar-refractivity contribution in [2.75, 3.05) is 4.66 Å². The van der Waals surface area contributed by atoms with Gasteiger partial charge in [0.1, 0.15) is 0 Å². The lowest BCUT2D eigenvalue weighted by atomic mass is 10.00. The first-order chi connectivity index (χ1) is 9.06. The minimum Gasteiger partial charge on any atom is -0.0619 e. The van der Waals surface area contributed by atoms with Crippen molar-refractivity contribution in [3.63, 3.8) is 0 Å². The van der Waals surface area contributed by atoms with Gasteiger partial charge in [-0.1, -0.05) is 18.2 Å². The molecule has 19 heavy (non-hydrogen) atoms. The SMILES string of the molecule is Cc1cc([S+](CBr)c2ccccc2)c(C)c(C)c1C. The van der Waals surface area contributed by atoms with Crippen molar-refractivity contribution in [1.82, 2.24) is 0 Å². The summed E-state index contributed by atoms with van der Waals surface area (Å²) < 4.78 is 0.986.